The summed E-state index contributed by atoms with van der Waals surface area (Å²) < 4.78 is 12.2. The van der Waals surface area contributed by atoms with Gasteiger partial charge in [-0.3, -0.25) is 9.80 Å². The maximum atomic E-state index is 9.88. The number of nitrogens with zero attached hydrogens (tertiary/aromatic N) is 3. The van der Waals surface area contributed by atoms with Gasteiger partial charge in [0.1, 0.15) is 24.7 Å². The Labute approximate surface area is 208 Å². The van der Waals surface area contributed by atoms with Crippen LogP contribution < -0.4 is 9.47 Å². The molecule has 0 saturated carbocycles. The van der Waals surface area contributed by atoms with Gasteiger partial charge in [0, 0.05) is 24.2 Å². The second-order valence-corrected chi connectivity index (χ2v) is 9.64. The lowest BCUT2D eigenvalue weighted by molar-refractivity contribution is 0.172. The van der Waals surface area contributed by atoms with Gasteiger partial charge in [0.25, 0.3) is 0 Å². The Hall–Kier alpha value is -3.33. The molecule has 0 unspecified atom stereocenters. The predicted octanol–water partition coefficient (Wildman–Crippen LogP) is 5.44. The molecule has 0 atom stereocenters. The highest BCUT2D eigenvalue weighted by Crippen LogP contribution is 2.24. The summed E-state index contributed by atoms with van der Waals surface area (Å²) in [6.45, 7) is 9.57. The number of hydrogen-bond acceptors (Lipinski definition) is 5. The zero-order chi connectivity index (χ0) is 24.0. The summed E-state index contributed by atoms with van der Waals surface area (Å²) in [5.41, 5.74) is 6.13. The van der Waals surface area contributed by atoms with Crippen LogP contribution >= 0.6 is 0 Å². The minimum atomic E-state index is 0.354. The Kier molecular flexibility index (Phi) is 7.32. The molecular formula is C30H33N3O2. The summed E-state index contributed by atoms with van der Waals surface area (Å²) in [6, 6.07) is 22.9. The van der Waals surface area contributed by atoms with Crippen molar-refractivity contribution in [1.29, 1.82) is 5.26 Å². The van der Waals surface area contributed by atoms with Crippen molar-refractivity contribution in [1.82, 2.24) is 9.80 Å². The summed E-state index contributed by atoms with van der Waals surface area (Å²) in [4.78, 5) is 4.88. The first-order valence-electron chi connectivity index (χ1n) is 12.6. The van der Waals surface area contributed by atoms with E-state index in [1.165, 1.54) is 50.1 Å². The van der Waals surface area contributed by atoms with Crippen LogP contribution in [0.25, 0.3) is 0 Å². The molecule has 0 N–H and O–H groups in total. The maximum Gasteiger partial charge on any atom is 0.122 e. The summed E-state index contributed by atoms with van der Waals surface area (Å²) in [6.07, 6.45) is 2.61. The zero-order valence-corrected chi connectivity index (χ0v) is 20.5. The Morgan fingerprint density at radius 2 is 1.37 bits per heavy atom. The van der Waals surface area contributed by atoms with Crippen LogP contribution in [0, 0.1) is 18.3 Å². The van der Waals surface area contributed by atoms with Gasteiger partial charge in [0.2, 0.25) is 0 Å². The van der Waals surface area contributed by atoms with Crippen LogP contribution in [-0.2, 0) is 26.3 Å². The van der Waals surface area contributed by atoms with E-state index in [1.807, 2.05) is 30.3 Å². The SMILES string of the molecule is Cc1cc(CN2CCC2)ccc1OCc1cccc(COc2ccc(CN3CCC3)cc2)c1C#N. The van der Waals surface area contributed by atoms with Crippen LogP contribution in [0.4, 0.5) is 0 Å². The van der Waals surface area contributed by atoms with E-state index in [9.17, 15) is 5.26 Å². The van der Waals surface area contributed by atoms with Crippen molar-refractivity contribution < 1.29 is 9.47 Å². The number of rotatable bonds is 10. The molecule has 2 fully saturated rings. The molecule has 2 saturated heterocycles. The monoisotopic (exact) mass is 467 g/mol. The van der Waals surface area contributed by atoms with Crippen LogP contribution in [0.1, 0.15) is 46.2 Å². The number of likely N-dealkylation sites (tertiary alicyclic amines) is 2. The molecule has 2 heterocycles. The van der Waals surface area contributed by atoms with Crippen LogP contribution in [-0.4, -0.2) is 36.0 Å². The predicted molar refractivity (Wildman–Crippen MR) is 137 cm³/mol. The van der Waals surface area contributed by atoms with Crippen LogP contribution in [0.2, 0.25) is 0 Å². The largest absolute Gasteiger partial charge is 0.489 e. The molecule has 180 valence electrons. The second kappa shape index (κ2) is 10.9. The minimum absolute atomic E-state index is 0.354. The third-order valence-corrected chi connectivity index (χ3v) is 7.00. The lowest BCUT2D eigenvalue weighted by atomic mass is 10.0. The first-order valence-corrected chi connectivity index (χ1v) is 12.6. The quantitative estimate of drug-likeness (QED) is 0.398. The van der Waals surface area contributed by atoms with E-state index in [1.54, 1.807) is 0 Å². The van der Waals surface area contributed by atoms with E-state index in [2.05, 4.69) is 53.1 Å². The minimum Gasteiger partial charge on any atom is -0.489 e. The van der Waals surface area contributed by atoms with Gasteiger partial charge in [-0.1, -0.05) is 42.5 Å². The molecule has 0 spiro atoms. The molecule has 0 bridgehead atoms. The van der Waals surface area contributed by atoms with Gasteiger partial charge in [0.05, 0.1) is 11.6 Å². The average molecular weight is 468 g/mol. The number of benzene rings is 3. The second-order valence-electron chi connectivity index (χ2n) is 9.64. The topological polar surface area (TPSA) is 48.7 Å². The van der Waals surface area contributed by atoms with E-state index in [0.717, 1.165) is 41.3 Å². The highest BCUT2D eigenvalue weighted by atomic mass is 16.5. The molecule has 5 rings (SSSR count). The van der Waals surface area contributed by atoms with Gasteiger partial charge in [-0.05, 0) is 80.8 Å². The van der Waals surface area contributed by atoms with Crippen LogP contribution in [0.5, 0.6) is 11.5 Å². The van der Waals surface area contributed by atoms with E-state index >= 15 is 0 Å². The van der Waals surface area contributed by atoms with Gasteiger partial charge < -0.3 is 9.47 Å². The molecule has 0 radical (unpaired) electrons. The molecule has 3 aromatic rings. The number of nitriles is 1. The molecule has 0 aromatic heterocycles. The van der Waals surface area contributed by atoms with E-state index in [-0.39, 0.29) is 0 Å². The first-order chi connectivity index (χ1) is 17.2. The molecule has 5 nitrogen and oxygen atoms in total. The smallest absolute Gasteiger partial charge is 0.122 e. The fourth-order valence-electron chi connectivity index (χ4n) is 4.61. The van der Waals surface area contributed by atoms with E-state index < -0.39 is 0 Å². The zero-order valence-electron chi connectivity index (χ0n) is 20.5. The molecule has 0 amide bonds. The number of ether oxygens (including phenoxy) is 2. The lowest BCUT2D eigenvalue weighted by Crippen LogP contribution is -2.36. The fraction of sp³-hybridized carbons (Fsp3) is 0.367. The first kappa shape index (κ1) is 23.4. The van der Waals surface area contributed by atoms with E-state index in [0.29, 0.717) is 18.8 Å². The van der Waals surface area contributed by atoms with Crippen molar-refractivity contribution in [2.45, 2.75) is 46.1 Å². The van der Waals surface area contributed by atoms with Crippen molar-refractivity contribution >= 4 is 0 Å². The van der Waals surface area contributed by atoms with Crippen LogP contribution in [0.15, 0.2) is 60.7 Å². The lowest BCUT2D eigenvalue weighted by Gasteiger charge is -2.30. The van der Waals surface area contributed by atoms with Crippen molar-refractivity contribution in [3.63, 3.8) is 0 Å². The third-order valence-electron chi connectivity index (χ3n) is 7.00. The van der Waals surface area contributed by atoms with Crippen molar-refractivity contribution in [2.75, 3.05) is 26.2 Å². The van der Waals surface area contributed by atoms with Gasteiger partial charge in [-0.25, -0.2) is 0 Å². The number of hydrogen-bond donors (Lipinski definition) is 0. The average Bonchev–Trinajstić information content (AvgIpc) is 2.82. The molecular weight excluding hydrogens is 434 g/mol. The summed E-state index contributed by atoms with van der Waals surface area (Å²) in [5.74, 6) is 1.68. The Balaban J connectivity index is 1.19. The molecule has 2 aliphatic heterocycles. The third kappa shape index (κ3) is 5.85. The van der Waals surface area contributed by atoms with Crippen LogP contribution in [0.3, 0.4) is 0 Å². The van der Waals surface area contributed by atoms with Crippen molar-refractivity contribution in [3.8, 4) is 17.6 Å². The van der Waals surface area contributed by atoms with Crippen molar-refractivity contribution in [2.24, 2.45) is 0 Å². The molecule has 0 aliphatic carbocycles. The van der Waals surface area contributed by atoms with Crippen molar-refractivity contribution in [3.05, 3.63) is 94.0 Å². The summed E-state index contributed by atoms with van der Waals surface area (Å²) >= 11 is 0. The Morgan fingerprint density at radius 1 is 0.771 bits per heavy atom. The Bertz CT molecular complexity index is 1190. The molecule has 35 heavy (non-hydrogen) atoms. The highest BCUT2D eigenvalue weighted by Gasteiger charge is 2.15. The molecule has 2 aliphatic rings. The van der Waals surface area contributed by atoms with Gasteiger partial charge in [0.15, 0.2) is 0 Å². The summed E-state index contributed by atoms with van der Waals surface area (Å²) in [7, 11) is 0. The summed E-state index contributed by atoms with van der Waals surface area (Å²) in [5, 5.41) is 9.88. The van der Waals surface area contributed by atoms with Gasteiger partial charge >= 0.3 is 0 Å². The maximum absolute atomic E-state index is 9.88. The molecule has 3 aromatic carbocycles. The van der Waals surface area contributed by atoms with E-state index in [4.69, 9.17) is 9.47 Å². The highest BCUT2D eigenvalue weighted by molar-refractivity contribution is 5.45. The standard InChI is InChI=1S/C30H33N3O2/c1-23-17-25(20-33-15-4-16-33)9-12-30(23)35-22-27-6-2-5-26(29(27)18-31)21-34-28-10-7-24(8-11-28)19-32-13-3-14-32/h2,5-12,17H,3-4,13-16,19-22H2,1H3. The number of aryl methyl sites for hydroxylation is 1. The Morgan fingerprint density at radius 3 is 1.94 bits per heavy atom. The van der Waals surface area contributed by atoms with Gasteiger partial charge in [-0.2, -0.15) is 5.26 Å². The van der Waals surface area contributed by atoms with Gasteiger partial charge in [-0.15, -0.1) is 0 Å². The normalized spacial score (nSPS) is 15.7. The molecule has 5 heteroatoms. The fourth-order valence-corrected chi connectivity index (χ4v) is 4.61.